The Morgan fingerprint density at radius 1 is 1.02 bits per heavy atom. The lowest BCUT2D eigenvalue weighted by Gasteiger charge is -2.35. The summed E-state index contributed by atoms with van der Waals surface area (Å²) in [7, 11) is -1.71. The monoisotopic (exact) mass is 581 g/mol. The molecule has 41 heavy (non-hydrogen) atoms. The summed E-state index contributed by atoms with van der Waals surface area (Å²) in [5, 5.41) is 9.17. The number of anilines is 3. The van der Waals surface area contributed by atoms with Crippen LogP contribution in [-0.4, -0.2) is 78.5 Å². The van der Waals surface area contributed by atoms with Gasteiger partial charge in [-0.15, -0.1) is 0 Å². The second-order valence-electron chi connectivity index (χ2n) is 11.0. The van der Waals surface area contributed by atoms with Gasteiger partial charge >= 0.3 is 6.03 Å². The van der Waals surface area contributed by atoms with Crippen LogP contribution in [0.4, 0.5) is 22.0 Å². The normalized spacial score (nSPS) is 20.9. The zero-order chi connectivity index (χ0) is 28.6. The van der Waals surface area contributed by atoms with Crippen LogP contribution in [0.5, 0.6) is 0 Å². The molecule has 3 fully saturated rings. The third-order valence-electron chi connectivity index (χ3n) is 8.06. The fourth-order valence-electron chi connectivity index (χ4n) is 5.60. The average molecular weight is 582 g/mol. The van der Waals surface area contributed by atoms with E-state index in [1.807, 2.05) is 18.2 Å². The molecule has 3 aromatic rings. The van der Waals surface area contributed by atoms with Gasteiger partial charge in [-0.1, -0.05) is 0 Å². The zero-order valence-electron chi connectivity index (χ0n) is 23.2. The molecule has 0 spiro atoms. The Morgan fingerprint density at radius 3 is 2.41 bits per heavy atom. The number of benzene rings is 1. The molecule has 0 unspecified atom stereocenters. The van der Waals surface area contributed by atoms with Crippen LogP contribution in [0.25, 0.3) is 11.4 Å². The van der Waals surface area contributed by atoms with Crippen molar-refractivity contribution in [2.24, 2.45) is 7.05 Å². The Balaban J connectivity index is 1.30. The van der Waals surface area contributed by atoms with Gasteiger partial charge in [-0.3, -0.25) is 4.68 Å². The molecule has 1 atom stereocenters. The minimum atomic E-state index is -3.48. The predicted molar refractivity (Wildman–Crippen MR) is 155 cm³/mol. The quantitative estimate of drug-likeness (QED) is 0.430. The first kappa shape index (κ1) is 27.6. The summed E-state index contributed by atoms with van der Waals surface area (Å²) in [6.45, 7) is 4.81. The van der Waals surface area contributed by atoms with E-state index in [9.17, 15) is 13.2 Å². The maximum absolute atomic E-state index is 13.9. The summed E-state index contributed by atoms with van der Waals surface area (Å²) in [6, 6.07) is 8.78. The SMILES string of the molecule is C[C@H]1COCCN1c1cc(C2(S(=O)(=O)C3CCOCC3)CC2)nc(-c2ccc(NC(=O)Nc3cnn(C)c3)cc2)n1. The summed E-state index contributed by atoms with van der Waals surface area (Å²) < 4.78 is 39.6. The van der Waals surface area contributed by atoms with Crippen molar-refractivity contribution in [3.05, 3.63) is 48.4 Å². The van der Waals surface area contributed by atoms with E-state index >= 15 is 0 Å². The third kappa shape index (κ3) is 5.53. The van der Waals surface area contributed by atoms with Crippen LogP contribution >= 0.6 is 0 Å². The first-order chi connectivity index (χ1) is 19.7. The van der Waals surface area contributed by atoms with E-state index in [4.69, 9.17) is 19.4 Å². The van der Waals surface area contributed by atoms with Gasteiger partial charge in [0.1, 0.15) is 10.6 Å². The number of sulfone groups is 1. The first-order valence-corrected chi connectivity index (χ1v) is 15.5. The smallest absolute Gasteiger partial charge is 0.323 e. The van der Waals surface area contributed by atoms with Crippen LogP contribution in [0.15, 0.2) is 42.7 Å². The Morgan fingerprint density at radius 2 is 1.76 bits per heavy atom. The number of amides is 2. The van der Waals surface area contributed by atoms with E-state index in [-0.39, 0.29) is 12.1 Å². The molecule has 0 bridgehead atoms. The lowest BCUT2D eigenvalue weighted by molar-refractivity contribution is 0.0981. The molecule has 1 saturated carbocycles. The number of hydrogen-bond acceptors (Lipinski definition) is 9. The summed E-state index contributed by atoms with van der Waals surface area (Å²) >= 11 is 0. The van der Waals surface area contributed by atoms with Gasteiger partial charge in [-0.05, 0) is 56.9 Å². The second kappa shape index (κ2) is 11.0. The average Bonchev–Trinajstić information content (AvgIpc) is 3.71. The molecule has 2 aromatic heterocycles. The molecule has 13 heteroatoms. The van der Waals surface area contributed by atoms with E-state index < -0.39 is 19.8 Å². The van der Waals surface area contributed by atoms with Crippen LogP contribution in [0.3, 0.4) is 0 Å². The van der Waals surface area contributed by atoms with Crippen molar-refractivity contribution in [2.45, 2.75) is 48.6 Å². The molecule has 1 aromatic carbocycles. The number of rotatable bonds is 7. The van der Waals surface area contributed by atoms with Gasteiger partial charge in [0.15, 0.2) is 15.7 Å². The number of carbonyl (C=O) groups excluding carboxylic acids is 1. The number of aryl methyl sites for hydroxylation is 1. The minimum absolute atomic E-state index is 0.0894. The molecular formula is C28H35N7O5S. The van der Waals surface area contributed by atoms with Gasteiger partial charge in [0.25, 0.3) is 0 Å². The van der Waals surface area contributed by atoms with Gasteiger partial charge < -0.3 is 25.0 Å². The molecule has 218 valence electrons. The van der Waals surface area contributed by atoms with E-state index in [1.165, 1.54) is 0 Å². The molecule has 6 rings (SSSR count). The fourth-order valence-corrected chi connectivity index (χ4v) is 8.12. The standard InChI is InChI=1S/C28H35N7O5S/c1-19-18-40-14-11-35(19)25-15-24(28(9-10-28)41(37,38)23-7-12-39-13-8-23)32-26(33-25)20-3-5-21(6-4-20)30-27(36)31-22-16-29-34(2)17-22/h3-6,15-17,19,23H,7-14,18H2,1-2H3,(H2,30,31,36)/t19-/m0/s1. The Bertz CT molecular complexity index is 1510. The molecule has 4 heterocycles. The van der Waals surface area contributed by atoms with Crippen molar-refractivity contribution in [1.29, 1.82) is 0 Å². The number of carbonyl (C=O) groups is 1. The topological polar surface area (TPSA) is 141 Å². The van der Waals surface area contributed by atoms with Crippen LogP contribution in [0.1, 0.15) is 38.3 Å². The van der Waals surface area contributed by atoms with Gasteiger partial charge in [0.05, 0.1) is 42.1 Å². The number of morpholine rings is 1. The number of hydrogen-bond donors (Lipinski definition) is 2. The van der Waals surface area contributed by atoms with Gasteiger partial charge in [0, 0.05) is 50.3 Å². The number of nitrogens with zero attached hydrogens (tertiary/aromatic N) is 5. The fraction of sp³-hybridized carbons (Fsp3) is 0.500. The maximum atomic E-state index is 13.9. The Hall–Kier alpha value is -3.55. The van der Waals surface area contributed by atoms with E-state index in [0.29, 0.717) is 87.4 Å². The maximum Gasteiger partial charge on any atom is 0.323 e. The largest absolute Gasteiger partial charge is 0.381 e. The van der Waals surface area contributed by atoms with Gasteiger partial charge in [-0.2, -0.15) is 5.10 Å². The van der Waals surface area contributed by atoms with Gasteiger partial charge in [-0.25, -0.2) is 23.2 Å². The minimum Gasteiger partial charge on any atom is -0.381 e. The lowest BCUT2D eigenvalue weighted by Crippen LogP contribution is -2.44. The number of nitrogens with one attached hydrogen (secondary N) is 2. The predicted octanol–water partition coefficient (Wildman–Crippen LogP) is 3.33. The Kier molecular flexibility index (Phi) is 7.43. The van der Waals surface area contributed by atoms with Crippen LogP contribution in [0.2, 0.25) is 0 Å². The lowest BCUT2D eigenvalue weighted by atomic mass is 10.1. The van der Waals surface area contributed by atoms with Crippen molar-refractivity contribution in [3.63, 3.8) is 0 Å². The molecule has 1 aliphatic carbocycles. The highest BCUT2D eigenvalue weighted by atomic mass is 32.2. The Labute approximate surface area is 239 Å². The van der Waals surface area contributed by atoms with Gasteiger partial charge in [0.2, 0.25) is 0 Å². The van der Waals surface area contributed by atoms with Crippen LogP contribution in [-0.2, 0) is 31.1 Å². The summed E-state index contributed by atoms with van der Waals surface area (Å²) in [5.74, 6) is 1.16. The molecule has 0 radical (unpaired) electrons. The third-order valence-corrected chi connectivity index (χ3v) is 11.1. The molecular weight excluding hydrogens is 546 g/mol. The highest BCUT2D eigenvalue weighted by Crippen LogP contribution is 2.55. The van der Waals surface area contributed by atoms with Crippen LogP contribution in [0, 0.1) is 0 Å². The molecule has 2 N–H and O–H groups in total. The van der Waals surface area contributed by atoms with Crippen molar-refractivity contribution < 1.29 is 22.7 Å². The summed E-state index contributed by atoms with van der Waals surface area (Å²) in [6.07, 6.45) is 5.40. The van der Waals surface area contributed by atoms with Crippen molar-refractivity contribution in [2.75, 3.05) is 48.5 Å². The molecule has 2 aliphatic heterocycles. The molecule has 2 amide bonds. The van der Waals surface area contributed by atoms with Crippen molar-refractivity contribution >= 4 is 33.1 Å². The van der Waals surface area contributed by atoms with E-state index in [1.54, 1.807) is 36.3 Å². The number of aromatic nitrogens is 4. The summed E-state index contributed by atoms with van der Waals surface area (Å²) in [4.78, 5) is 24.4. The molecule has 2 saturated heterocycles. The van der Waals surface area contributed by atoms with Crippen molar-refractivity contribution in [1.82, 2.24) is 19.7 Å². The van der Waals surface area contributed by atoms with Crippen LogP contribution < -0.4 is 15.5 Å². The highest BCUT2D eigenvalue weighted by Gasteiger charge is 2.59. The molecule has 12 nitrogen and oxygen atoms in total. The molecule has 3 aliphatic rings. The number of ether oxygens (including phenoxy) is 2. The number of urea groups is 1. The second-order valence-corrected chi connectivity index (χ2v) is 13.5. The van der Waals surface area contributed by atoms with E-state index in [0.717, 1.165) is 5.56 Å². The van der Waals surface area contributed by atoms with Crippen molar-refractivity contribution in [3.8, 4) is 11.4 Å². The first-order valence-electron chi connectivity index (χ1n) is 14.0. The highest BCUT2D eigenvalue weighted by molar-refractivity contribution is 7.93. The zero-order valence-corrected chi connectivity index (χ0v) is 24.1. The van der Waals surface area contributed by atoms with E-state index in [2.05, 4.69) is 27.6 Å². The summed E-state index contributed by atoms with van der Waals surface area (Å²) in [5.41, 5.74) is 2.46.